The lowest BCUT2D eigenvalue weighted by Gasteiger charge is -2.34. The van der Waals surface area contributed by atoms with E-state index in [-0.39, 0.29) is 6.03 Å². The molecule has 1 aliphatic heterocycles. The van der Waals surface area contributed by atoms with Crippen molar-refractivity contribution >= 4 is 17.4 Å². The molecule has 4 heteroatoms. The molecule has 0 unspecified atom stereocenters. The molecule has 0 N–H and O–H groups in total. The van der Waals surface area contributed by atoms with Crippen molar-refractivity contribution in [1.82, 2.24) is 9.80 Å². The molecular formula is C14H22N2OS. The van der Waals surface area contributed by atoms with Gasteiger partial charge in [0.2, 0.25) is 0 Å². The fraction of sp³-hybridized carbons (Fsp3) is 0.643. The van der Waals surface area contributed by atoms with Crippen molar-refractivity contribution in [2.24, 2.45) is 5.92 Å². The Bertz CT molecular complexity index is 369. The number of nitrogens with zero attached hydrogens (tertiary/aromatic N) is 2. The maximum atomic E-state index is 12.4. The lowest BCUT2D eigenvalue weighted by molar-refractivity contribution is 0.134. The van der Waals surface area contributed by atoms with E-state index in [1.165, 1.54) is 4.88 Å². The van der Waals surface area contributed by atoms with Gasteiger partial charge in [0, 0.05) is 24.5 Å². The number of carbonyl (C=O) groups is 1. The molecule has 0 aliphatic carbocycles. The zero-order chi connectivity index (χ0) is 13.0. The number of rotatable bonds is 3. The van der Waals surface area contributed by atoms with E-state index in [2.05, 4.69) is 25.3 Å². The molecule has 2 rings (SSSR count). The van der Waals surface area contributed by atoms with Crippen molar-refractivity contribution in [3.05, 3.63) is 22.4 Å². The summed E-state index contributed by atoms with van der Waals surface area (Å²) in [4.78, 5) is 17.6. The molecule has 2 amide bonds. The third-order valence-corrected chi connectivity index (χ3v) is 4.49. The second-order valence-corrected chi connectivity index (χ2v) is 6.08. The second kappa shape index (κ2) is 6.23. The van der Waals surface area contributed by atoms with Gasteiger partial charge in [-0.25, -0.2) is 4.79 Å². The van der Waals surface area contributed by atoms with Gasteiger partial charge in [0.05, 0.1) is 6.54 Å². The summed E-state index contributed by atoms with van der Waals surface area (Å²) in [6.45, 7) is 7.69. The third-order valence-electron chi connectivity index (χ3n) is 3.63. The van der Waals surface area contributed by atoms with Crippen LogP contribution in [0.4, 0.5) is 4.79 Å². The monoisotopic (exact) mass is 266 g/mol. The molecule has 2 heterocycles. The van der Waals surface area contributed by atoms with Crippen molar-refractivity contribution in [1.29, 1.82) is 0 Å². The highest BCUT2D eigenvalue weighted by Gasteiger charge is 2.24. The Labute approximate surface area is 113 Å². The summed E-state index contributed by atoms with van der Waals surface area (Å²) in [5, 5.41) is 2.07. The molecule has 0 radical (unpaired) electrons. The summed E-state index contributed by atoms with van der Waals surface area (Å²) < 4.78 is 0. The first kappa shape index (κ1) is 13.4. The minimum absolute atomic E-state index is 0.206. The van der Waals surface area contributed by atoms with Crippen molar-refractivity contribution in [2.75, 3.05) is 19.6 Å². The lowest BCUT2D eigenvalue weighted by Crippen LogP contribution is -2.46. The van der Waals surface area contributed by atoms with Gasteiger partial charge in [-0.15, -0.1) is 11.3 Å². The standard InChI is InChI=1S/C14H22N2OS/c1-3-15(11-13-5-4-10-18-13)14(17)16-8-6-12(2)7-9-16/h4-5,10,12H,3,6-9,11H2,1-2H3. The normalized spacial score (nSPS) is 16.9. The SMILES string of the molecule is CCN(Cc1cccs1)C(=O)N1CCC(C)CC1. The summed E-state index contributed by atoms with van der Waals surface area (Å²) in [7, 11) is 0. The van der Waals surface area contributed by atoms with Crippen LogP contribution in [0, 0.1) is 5.92 Å². The van der Waals surface area contributed by atoms with Gasteiger partial charge in [-0.05, 0) is 37.1 Å². The van der Waals surface area contributed by atoms with Gasteiger partial charge in [0.15, 0.2) is 0 Å². The third kappa shape index (κ3) is 3.25. The van der Waals surface area contributed by atoms with Gasteiger partial charge in [0.1, 0.15) is 0 Å². The maximum Gasteiger partial charge on any atom is 0.320 e. The Kier molecular flexibility index (Phi) is 4.64. The zero-order valence-electron chi connectivity index (χ0n) is 11.3. The van der Waals surface area contributed by atoms with E-state index in [1.807, 2.05) is 15.9 Å². The van der Waals surface area contributed by atoms with E-state index in [1.54, 1.807) is 11.3 Å². The van der Waals surface area contributed by atoms with Gasteiger partial charge in [-0.1, -0.05) is 13.0 Å². The van der Waals surface area contributed by atoms with E-state index < -0.39 is 0 Å². The summed E-state index contributed by atoms with van der Waals surface area (Å²) >= 11 is 1.72. The highest BCUT2D eigenvalue weighted by atomic mass is 32.1. The molecule has 1 fully saturated rings. The van der Waals surface area contributed by atoms with E-state index in [0.717, 1.165) is 44.9 Å². The van der Waals surface area contributed by atoms with Crippen LogP contribution in [0.3, 0.4) is 0 Å². The molecule has 0 bridgehead atoms. The fourth-order valence-corrected chi connectivity index (χ4v) is 3.02. The van der Waals surface area contributed by atoms with E-state index >= 15 is 0 Å². The van der Waals surface area contributed by atoms with Gasteiger partial charge in [0.25, 0.3) is 0 Å². The first-order chi connectivity index (χ1) is 8.70. The highest BCUT2D eigenvalue weighted by Crippen LogP contribution is 2.19. The molecule has 0 atom stereocenters. The summed E-state index contributed by atoms with van der Waals surface area (Å²) in [5.41, 5.74) is 0. The Balaban J connectivity index is 1.93. The number of hydrogen-bond donors (Lipinski definition) is 0. The van der Waals surface area contributed by atoms with Gasteiger partial charge >= 0.3 is 6.03 Å². The Morgan fingerprint density at radius 2 is 2.22 bits per heavy atom. The first-order valence-electron chi connectivity index (χ1n) is 6.77. The molecule has 1 aromatic rings. The largest absolute Gasteiger partial charge is 0.325 e. The number of urea groups is 1. The fourth-order valence-electron chi connectivity index (χ4n) is 2.31. The average Bonchev–Trinajstić information content (AvgIpc) is 2.89. The van der Waals surface area contributed by atoms with Crippen molar-refractivity contribution < 1.29 is 4.79 Å². The predicted molar refractivity (Wildman–Crippen MR) is 75.8 cm³/mol. The Morgan fingerprint density at radius 1 is 1.50 bits per heavy atom. The van der Waals surface area contributed by atoms with E-state index in [4.69, 9.17) is 0 Å². The van der Waals surface area contributed by atoms with E-state index in [9.17, 15) is 4.79 Å². The predicted octanol–water partition coefficient (Wildman–Crippen LogP) is 3.42. The van der Waals surface area contributed by atoms with Crippen molar-refractivity contribution in [3.63, 3.8) is 0 Å². The molecule has 0 spiro atoms. The van der Waals surface area contributed by atoms with E-state index in [0.29, 0.717) is 0 Å². The van der Waals surface area contributed by atoms with Gasteiger partial charge in [-0.2, -0.15) is 0 Å². The molecule has 0 saturated carbocycles. The zero-order valence-corrected chi connectivity index (χ0v) is 12.1. The van der Waals surface area contributed by atoms with Gasteiger partial charge < -0.3 is 9.80 Å². The molecule has 1 aliphatic rings. The highest BCUT2D eigenvalue weighted by molar-refractivity contribution is 7.09. The van der Waals surface area contributed by atoms with Crippen molar-refractivity contribution in [3.8, 4) is 0 Å². The molecule has 100 valence electrons. The van der Waals surface area contributed by atoms with Crippen molar-refractivity contribution in [2.45, 2.75) is 33.2 Å². The van der Waals surface area contributed by atoms with Crippen LogP contribution >= 0.6 is 11.3 Å². The molecule has 0 aromatic carbocycles. The number of thiophene rings is 1. The second-order valence-electron chi connectivity index (χ2n) is 5.05. The first-order valence-corrected chi connectivity index (χ1v) is 7.65. The number of hydrogen-bond acceptors (Lipinski definition) is 2. The number of likely N-dealkylation sites (tertiary alicyclic amines) is 1. The molecule has 3 nitrogen and oxygen atoms in total. The Hall–Kier alpha value is -1.03. The van der Waals surface area contributed by atoms with Crippen LogP contribution in [-0.4, -0.2) is 35.5 Å². The van der Waals surface area contributed by atoms with Crippen LogP contribution in [0.1, 0.15) is 31.6 Å². The minimum Gasteiger partial charge on any atom is -0.325 e. The van der Waals surface area contributed by atoms with Crippen LogP contribution in [0.5, 0.6) is 0 Å². The number of amides is 2. The van der Waals surface area contributed by atoms with Crippen LogP contribution in [-0.2, 0) is 6.54 Å². The summed E-state index contributed by atoms with van der Waals surface area (Å²) in [6, 6.07) is 4.34. The molecular weight excluding hydrogens is 244 g/mol. The van der Waals surface area contributed by atoms with Crippen LogP contribution < -0.4 is 0 Å². The molecule has 1 aromatic heterocycles. The number of carbonyl (C=O) groups excluding carboxylic acids is 1. The summed E-state index contributed by atoms with van der Waals surface area (Å²) in [5.74, 6) is 0.765. The Morgan fingerprint density at radius 3 is 2.78 bits per heavy atom. The lowest BCUT2D eigenvalue weighted by atomic mass is 9.99. The number of piperidine rings is 1. The smallest absolute Gasteiger partial charge is 0.320 e. The molecule has 18 heavy (non-hydrogen) atoms. The topological polar surface area (TPSA) is 23.6 Å². The average molecular weight is 266 g/mol. The van der Waals surface area contributed by atoms with Gasteiger partial charge in [-0.3, -0.25) is 0 Å². The minimum atomic E-state index is 0.206. The molecule has 1 saturated heterocycles. The quantitative estimate of drug-likeness (QED) is 0.822. The van der Waals surface area contributed by atoms with Crippen LogP contribution in [0.25, 0.3) is 0 Å². The maximum absolute atomic E-state index is 12.4. The summed E-state index contributed by atoms with van der Waals surface area (Å²) in [6.07, 6.45) is 2.28. The van der Waals surface area contributed by atoms with Crippen LogP contribution in [0.2, 0.25) is 0 Å². The van der Waals surface area contributed by atoms with Crippen LogP contribution in [0.15, 0.2) is 17.5 Å².